The Morgan fingerprint density at radius 1 is 1.30 bits per heavy atom. The molecule has 1 N–H and O–H groups in total. The molecule has 7 heteroatoms. The van der Waals surface area contributed by atoms with Gasteiger partial charge in [0.25, 0.3) is 5.91 Å². The first-order valence-corrected chi connectivity index (χ1v) is 9.65. The number of ether oxygens (including phenoxy) is 1. The Morgan fingerprint density at radius 3 is 2.48 bits per heavy atom. The number of sulfonamides is 1. The number of piperidine rings is 1. The predicted octanol–water partition coefficient (Wildman–Crippen LogP) is 1.24. The first-order chi connectivity index (χ1) is 10.9. The van der Waals surface area contributed by atoms with E-state index in [-0.39, 0.29) is 5.91 Å². The molecule has 0 radical (unpaired) electrons. The Bertz CT molecular complexity index is 610. The summed E-state index contributed by atoms with van der Waals surface area (Å²) in [4.78, 5) is 12.1. The number of nitrogens with one attached hydrogen (secondary N) is 1. The molecule has 1 fully saturated rings. The van der Waals surface area contributed by atoms with Crippen LogP contribution in [0.1, 0.15) is 19.8 Å². The molecule has 0 unspecified atom stereocenters. The summed E-state index contributed by atoms with van der Waals surface area (Å²) in [6.07, 6.45) is 2.20. The van der Waals surface area contributed by atoms with Gasteiger partial charge in [-0.15, -0.1) is 0 Å². The number of nitrogens with zero attached hydrogens (tertiary/aromatic N) is 1. The number of benzene rings is 1. The molecule has 1 aromatic rings. The van der Waals surface area contributed by atoms with Gasteiger partial charge < -0.3 is 10.1 Å². The molecular formula is C16H24N2O4S. The van der Waals surface area contributed by atoms with Crippen molar-refractivity contribution < 1.29 is 17.9 Å². The summed E-state index contributed by atoms with van der Waals surface area (Å²) in [5, 5.41) is 2.89. The second kappa shape index (κ2) is 7.79. The van der Waals surface area contributed by atoms with Crippen LogP contribution in [0, 0.1) is 5.92 Å². The molecule has 0 aliphatic carbocycles. The summed E-state index contributed by atoms with van der Waals surface area (Å²) in [5.74, 6) is 0.817. The van der Waals surface area contributed by atoms with E-state index in [1.54, 1.807) is 6.92 Å². The summed E-state index contributed by atoms with van der Waals surface area (Å²) in [5.41, 5.74) is 0. The van der Waals surface area contributed by atoms with Crippen molar-refractivity contribution in [3.8, 4) is 5.75 Å². The van der Waals surface area contributed by atoms with Gasteiger partial charge in [0, 0.05) is 19.6 Å². The van der Waals surface area contributed by atoms with Crippen molar-refractivity contribution in [2.45, 2.75) is 25.9 Å². The highest BCUT2D eigenvalue weighted by molar-refractivity contribution is 7.88. The van der Waals surface area contributed by atoms with Gasteiger partial charge in [-0.2, -0.15) is 0 Å². The number of amides is 1. The van der Waals surface area contributed by atoms with Crippen LogP contribution >= 0.6 is 0 Å². The Hall–Kier alpha value is -1.60. The smallest absolute Gasteiger partial charge is 0.260 e. The Kier molecular flexibility index (Phi) is 6.01. The van der Waals surface area contributed by atoms with E-state index >= 15 is 0 Å². The molecule has 1 atom stereocenters. The maximum atomic E-state index is 12.1. The largest absolute Gasteiger partial charge is 0.481 e. The highest BCUT2D eigenvalue weighted by Gasteiger charge is 2.25. The number of hydrogen-bond donors (Lipinski definition) is 1. The minimum absolute atomic E-state index is 0.153. The van der Waals surface area contributed by atoms with Gasteiger partial charge in [0.05, 0.1) is 6.26 Å². The lowest BCUT2D eigenvalue weighted by Crippen LogP contribution is -2.43. The van der Waals surface area contributed by atoms with E-state index in [0.29, 0.717) is 31.3 Å². The number of carbonyl (C=O) groups excluding carboxylic acids is 1. The van der Waals surface area contributed by atoms with Gasteiger partial charge in [-0.3, -0.25) is 4.79 Å². The lowest BCUT2D eigenvalue weighted by Gasteiger charge is -2.30. The van der Waals surface area contributed by atoms with Crippen LogP contribution in [0.5, 0.6) is 5.75 Å². The molecule has 0 spiro atoms. The highest BCUT2D eigenvalue weighted by Crippen LogP contribution is 2.18. The van der Waals surface area contributed by atoms with Crippen LogP contribution in [0.3, 0.4) is 0 Å². The van der Waals surface area contributed by atoms with Crippen LogP contribution < -0.4 is 10.1 Å². The zero-order valence-electron chi connectivity index (χ0n) is 13.6. The molecular weight excluding hydrogens is 316 g/mol. The first kappa shape index (κ1) is 17.7. The summed E-state index contributed by atoms with van der Waals surface area (Å²) < 4.78 is 30.0. The third kappa shape index (κ3) is 5.51. The standard InChI is InChI=1S/C16H24N2O4S/c1-13(22-15-6-4-3-5-7-15)16(19)17-12-14-8-10-18(11-9-14)23(2,20)21/h3-7,13-14H,8-12H2,1-2H3,(H,17,19)/t13-/m0/s1. The van der Waals surface area contributed by atoms with Gasteiger partial charge in [0.15, 0.2) is 6.10 Å². The molecule has 1 heterocycles. The fourth-order valence-electron chi connectivity index (χ4n) is 2.59. The minimum atomic E-state index is -3.10. The molecule has 6 nitrogen and oxygen atoms in total. The number of carbonyl (C=O) groups is 1. The fraction of sp³-hybridized carbons (Fsp3) is 0.562. The zero-order chi connectivity index (χ0) is 16.9. The lowest BCUT2D eigenvalue weighted by molar-refractivity contribution is -0.127. The molecule has 128 valence electrons. The van der Waals surface area contributed by atoms with E-state index in [1.165, 1.54) is 10.6 Å². The van der Waals surface area contributed by atoms with Crippen molar-refractivity contribution in [1.29, 1.82) is 0 Å². The van der Waals surface area contributed by atoms with Crippen LogP contribution in [0.15, 0.2) is 30.3 Å². The van der Waals surface area contributed by atoms with Crippen molar-refractivity contribution in [1.82, 2.24) is 9.62 Å². The van der Waals surface area contributed by atoms with Gasteiger partial charge in [-0.25, -0.2) is 12.7 Å². The van der Waals surface area contributed by atoms with E-state index in [9.17, 15) is 13.2 Å². The topological polar surface area (TPSA) is 75.7 Å². The Morgan fingerprint density at radius 2 is 1.91 bits per heavy atom. The maximum absolute atomic E-state index is 12.1. The second-order valence-electron chi connectivity index (χ2n) is 5.92. The fourth-order valence-corrected chi connectivity index (χ4v) is 3.46. The average Bonchev–Trinajstić information content (AvgIpc) is 2.53. The normalized spacial score (nSPS) is 18.3. The van der Waals surface area contributed by atoms with Crippen LogP contribution in [0.2, 0.25) is 0 Å². The zero-order valence-corrected chi connectivity index (χ0v) is 14.4. The number of rotatable bonds is 6. The van der Waals surface area contributed by atoms with Crippen LogP contribution in [-0.2, 0) is 14.8 Å². The molecule has 1 saturated heterocycles. The SMILES string of the molecule is C[C@H](Oc1ccccc1)C(=O)NCC1CCN(S(C)(=O)=O)CC1. The quantitative estimate of drug-likeness (QED) is 0.845. The van der Waals surface area contributed by atoms with Crippen molar-refractivity contribution in [2.75, 3.05) is 25.9 Å². The highest BCUT2D eigenvalue weighted by atomic mass is 32.2. The average molecular weight is 340 g/mol. The molecule has 1 aliphatic heterocycles. The molecule has 23 heavy (non-hydrogen) atoms. The van der Waals surface area contributed by atoms with Crippen LogP contribution in [0.4, 0.5) is 0 Å². The Balaban J connectivity index is 1.73. The third-order valence-electron chi connectivity index (χ3n) is 4.03. The number of hydrogen-bond acceptors (Lipinski definition) is 4. The maximum Gasteiger partial charge on any atom is 0.260 e. The van der Waals surface area contributed by atoms with Gasteiger partial charge in [-0.05, 0) is 37.8 Å². The van der Waals surface area contributed by atoms with Crippen molar-refractivity contribution in [3.63, 3.8) is 0 Å². The molecule has 0 bridgehead atoms. The summed E-state index contributed by atoms with van der Waals surface area (Å²) in [6.45, 7) is 3.32. The van der Waals surface area contributed by atoms with E-state index in [0.717, 1.165) is 12.8 Å². The van der Waals surface area contributed by atoms with E-state index in [1.807, 2.05) is 30.3 Å². The monoisotopic (exact) mass is 340 g/mol. The van der Waals surface area contributed by atoms with Crippen molar-refractivity contribution in [2.24, 2.45) is 5.92 Å². The predicted molar refractivity (Wildman–Crippen MR) is 88.7 cm³/mol. The summed E-state index contributed by atoms with van der Waals surface area (Å²) in [7, 11) is -3.10. The van der Waals surface area contributed by atoms with Gasteiger partial charge in [0.1, 0.15) is 5.75 Å². The molecule has 1 aromatic carbocycles. The van der Waals surface area contributed by atoms with Gasteiger partial charge in [-0.1, -0.05) is 18.2 Å². The summed E-state index contributed by atoms with van der Waals surface area (Å²) in [6, 6.07) is 9.22. The minimum Gasteiger partial charge on any atom is -0.481 e. The van der Waals surface area contributed by atoms with Crippen molar-refractivity contribution in [3.05, 3.63) is 30.3 Å². The third-order valence-corrected chi connectivity index (χ3v) is 5.34. The van der Waals surface area contributed by atoms with Crippen LogP contribution in [-0.4, -0.2) is 50.6 Å². The summed E-state index contributed by atoms with van der Waals surface area (Å²) >= 11 is 0. The Labute approximate surface area is 137 Å². The molecule has 0 saturated carbocycles. The molecule has 1 amide bonds. The van der Waals surface area contributed by atoms with Crippen molar-refractivity contribution >= 4 is 15.9 Å². The lowest BCUT2D eigenvalue weighted by atomic mass is 9.98. The van der Waals surface area contributed by atoms with E-state index < -0.39 is 16.1 Å². The van der Waals surface area contributed by atoms with Crippen LogP contribution in [0.25, 0.3) is 0 Å². The number of para-hydroxylation sites is 1. The molecule has 0 aromatic heterocycles. The van der Waals surface area contributed by atoms with E-state index in [4.69, 9.17) is 4.74 Å². The van der Waals surface area contributed by atoms with Gasteiger partial charge >= 0.3 is 0 Å². The van der Waals surface area contributed by atoms with Gasteiger partial charge in [0.2, 0.25) is 10.0 Å². The molecule has 2 rings (SSSR count). The first-order valence-electron chi connectivity index (χ1n) is 7.81. The van der Waals surface area contributed by atoms with E-state index in [2.05, 4.69) is 5.32 Å². The second-order valence-corrected chi connectivity index (χ2v) is 7.91. The molecule has 1 aliphatic rings.